The number of carbonyl (C=O) groups excluding carboxylic acids is 1. The maximum atomic E-state index is 13.6. The molecule has 17 heavy (non-hydrogen) atoms. The molecule has 0 aliphatic rings. The number of aldehydes is 1. The maximum Gasteiger partial charge on any atom is 0.185 e. The third kappa shape index (κ3) is 2.20. The Bertz CT molecular complexity index is 531. The second-order valence-electron chi connectivity index (χ2n) is 3.37. The molecule has 3 nitrogen and oxygen atoms in total. The van der Waals surface area contributed by atoms with Gasteiger partial charge >= 0.3 is 0 Å². The predicted molar refractivity (Wildman–Crippen MR) is 60.7 cm³/mol. The quantitative estimate of drug-likeness (QED) is 0.762. The van der Waals surface area contributed by atoms with E-state index < -0.39 is 5.82 Å². The highest BCUT2D eigenvalue weighted by molar-refractivity contribution is 5.74. The van der Waals surface area contributed by atoms with E-state index in [-0.39, 0.29) is 11.5 Å². The van der Waals surface area contributed by atoms with Crippen molar-refractivity contribution in [2.75, 3.05) is 6.61 Å². The van der Waals surface area contributed by atoms with Gasteiger partial charge in [0.2, 0.25) is 0 Å². The molecule has 0 fully saturated rings. The molecule has 0 bridgehead atoms. The normalized spacial score (nSPS) is 10.2. The van der Waals surface area contributed by atoms with Gasteiger partial charge in [0.05, 0.1) is 12.2 Å². The minimum atomic E-state index is -0.451. The van der Waals surface area contributed by atoms with E-state index in [0.717, 1.165) is 0 Å². The maximum absolute atomic E-state index is 13.6. The Morgan fingerprint density at radius 2 is 2.18 bits per heavy atom. The Kier molecular flexibility index (Phi) is 3.23. The van der Waals surface area contributed by atoms with Crippen LogP contribution in [0.4, 0.5) is 4.39 Å². The molecule has 0 aliphatic heterocycles. The van der Waals surface area contributed by atoms with Crippen molar-refractivity contribution in [1.29, 1.82) is 0 Å². The van der Waals surface area contributed by atoms with E-state index in [0.29, 0.717) is 24.2 Å². The van der Waals surface area contributed by atoms with Gasteiger partial charge in [-0.2, -0.15) is 0 Å². The van der Waals surface area contributed by atoms with Crippen molar-refractivity contribution in [3.05, 3.63) is 41.9 Å². The number of hydrogen-bond acceptors (Lipinski definition) is 3. The molecule has 4 heteroatoms. The van der Waals surface area contributed by atoms with Crippen molar-refractivity contribution >= 4 is 6.29 Å². The number of hydrogen-bond donors (Lipinski definition) is 0. The molecule has 0 saturated heterocycles. The fourth-order valence-corrected chi connectivity index (χ4v) is 1.55. The van der Waals surface area contributed by atoms with Crippen LogP contribution in [0.15, 0.2) is 34.7 Å². The van der Waals surface area contributed by atoms with Gasteiger partial charge in [0.15, 0.2) is 23.6 Å². The van der Waals surface area contributed by atoms with E-state index in [9.17, 15) is 9.18 Å². The van der Waals surface area contributed by atoms with Crippen molar-refractivity contribution in [2.45, 2.75) is 6.92 Å². The van der Waals surface area contributed by atoms with E-state index in [1.165, 1.54) is 12.1 Å². The molecule has 0 spiro atoms. The van der Waals surface area contributed by atoms with Crippen LogP contribution in [-0.4, -0.2) is 12.9 Å². The van der Waals surface area contributed by atoms with Gasteiger partial charge in [-0.15, -0.1) is 0 Å². The summed E-state index contributed by atoms with van der Waals surface area (Å²) in [6.07, 6.45) is 0.600. The lowest BCUT2D eigenvalue weighted by Gasteiger charge is -2.08. The van der Waals surface area contributed by atoms with Crippen LogP contribution in [0.1, 0.15) is 17.5 Å². The lowest BCUT2D eigenvalue weighted by atomic mass is 10.1. The summed E-state index contributed by atoms with van der Waals surface area (Å²) >= 11 is 0. The lowest BCUT2D eigenvalue weighted by molar-refractivity contribution is 0.110. The average Bonchev–Trinajstić information content (AvgIpc) is 2.80. The van der Waals surface area contributed by atoms with E-state index >= 15 is 0 Å². The summed E-state index contributed by atoms with van der Waals surface area (Å²) in [5, 5.41) is 0. The molecular weight excluding hydrogens is 223 g/mol. The summed E-state index contributed by atoms with van der Waals surface area (Å²) in [5.74, 6) is 0.303. The first-order valence-corrected chi connectivity index (χ1v) is 5.23. The van der Waals surface area contributed by atoms with Crippen molar-refractivity contribution < 1.29 is 18.3 Å². The number of rotatable bonds is 4. The molecule has 1 aromatic carbocycles. The van der Waals surface area contributed by atoms with Gasteiger partial charge in [0.1, 0.15) is 5.76 Å². The third-order valence-electron chi connectivity index (χ3n) is 2.26. The zero-order chi connectivity index (χ0) is 12.3. The van der Waals surface area contributed by atoms with E-state index in [1.54, 1.807) is 25.1 Å². The minimum absolute atomic E-state index is 0.141. The molecule has 0 N–H and O–H groups in total. The minimum Gasteiger partial charge on any atom is -0.490 e. The zero-order valence-electron chi connectivity index (χ0n) is 9.27. The van der Waals surface area contributed by atoms with Crippen LogP contribution in [0.2, 0.25) is 0 Å². The van der Waals surface area contributed by atoms with Crippen LogP contribution >= 0.6 is 0 Å². The van der Waals surface area contributed by atoms with Crippen LogP contribution < -0.4 is 4.74 Å². The number of benzene rings is 1. The Balaban J connectivity index is 2.50. The first-order chi connectivity index (χ1) is 8.26. The molecular formula is C13H11FO3. The third-order valence-corrected chi connectivity index (χ3v) is 2.26. The van der Waals surface area contributed by atoms with Crippen LogP contribution in [0, 0.1) is 5.82 Å². The summed E-state index contributed by atoms with van der Waals surface area (Å²) in [5.41, 5.74) is 0.500. The van der Waals surface area contributed by atoms with Gasteiger partial charge in [-0.25, -0.2) is 4.39 Å². The fraction of sp³-hybridized carbons (Fsp3) is 0.154. The van der Waals surface area contributed by atoms with Crippen LogP contribution in [0.5, 0.6) is 5.75 Å². The topological polar surface area (TPSA) is 39.4 Å². The van der Waals surface area contributed by atoms with Gasteiger partial charge in [0, 0.05) is 0 Å². The number of carbonyl (C=O) groups is 1. The first-order valence-electron chi connectivity index (χ1n) is 5.23. The highest BCUT2D eigenvalue weighted by atomic mass is 19.1. The second-order valence-corrected chi connectivity index (χ2v) is 3.37. The Hall–Kier alpha value is -2.10. The summed E-state index contributed by atoms with van der Waals surface area (Å²) in [7, 11) is 0. The van der Waals surface area contributed by atoms with Crippen molar-refractivity contribution in [2.24, 2.45) is 0 Å². The Labute approximate surface area is 97.8 Å². The van der Waals surface area contributed by atoms with Gasteiger partial charge in [-0.05, 0) is 31.2 Å². The first kappa shape index (κ1) is 11.4. The zero-order valence-corrected chi connectivity index (χ0v) is 9.27. The highest BCUT2D eigenvalue weighted by Gasteiger charge is 2.14. The molecule has 0 amide bonds. The molecule has 0 atom stereocenters. The molecule has 0 saturated carbocycles. The second kappa shape index (κ2) is 4.82. The van der Waals surface area contributed by atoms with Crippen LogP contribution in [0.3, 0.4) is 0 Å². The van der Waals surface area contributed by atoms with E-state index in [1.807, 2.05) is 0 Å². The summed E-state index contributed by atoms with van der Waals surface area (Å²) < 4.78 is 24.1. The van der Waals surface area contributed by atoms with E-state index in [4.69, 9.17) is 9.15 Å². The molecule has 1 aromatic heterocycles. The number of halogens is 1. The van der Waals surface area contributed by atoms with Gasteiger partial charge in [-0.1, -0.05) is 6.07 Å². The van der Waals surface area contributed by atoms with Crippen molar-refractivity contribution in [1.82, 2.24) is 0 Å². The Morgan fingerprint density at radius 3 is 2.82 bits per heavy atom. The van der Waals surface area contributed by atoms with Crippen LogP contribution in [0.25, 0.3) is 11.3 Å². The van der Waals surface area contributed by atoms with Crippen LogP contribution in [-0.2, 0) is 0 Å². The standard InChI is InChI=1S/C13H11FO3/c1-2-16-13-10(4-3-5-11(13)14)12-7-6-9(8-15)17-12/h3-8H,2H2,1H3. The molecule has 1 heterocycles. The van der Waals surface area contributed by atoms with Gasteiger partial charge < -0.3 is 9.15 Å². The summed E-state index contributed by atoms with van der Waals surface area (Å²) in [6.45, 7) is 2.13. The smallest absolute Gasteiger partial charge is 0.185 e. The number of para-hydroxylation sites is 1. The monoisotopic (exact) mass is 234 g/mol. The largest absolute Gasteiger partial charge is 0.490 e. The van der Waals surface area contributed by atoms with Gasteiger partial charge in [0.25, 0.3) is 0 Å². The van der Waals surface area contributed by atoms with Crippen molar-refractivity contribution in [3.8, 4) is 17.1 Å². The molecule has 0 unspecified atom stereocenters. The van der Waals surface area contributed by atoms with E-state index in [2.05, 4.69) is 0 Å². The molecule has 2 aromatic rings. The van der Waals surface area contributed by atoms with Gasteiger partial charge in [-0.3, -0.25) is 4.79 Å². The highest BCUT2D eigenvalue weighted by Crippen LogP contribution is 2.33. The molecule has 0 aliphatic carbocycles. The molecule has 0 radical (unpaired) electrons. The average molecular weight is 234 g/mol. The van der Waals surface area contributed by atoms with Crippen molar-refractivity contribution in [3.63, 3.8) is 0 Å². The SMILES string of the molecule is CCOc1c(F)cccc1-c1ccc(C=O)o1. The lowest BCUT2D eigenvalue weighted by Crippen LogP contribution is -1.96. The molecule has 2 rings (SSSR count). The predicted octanol–water partition coefficient (Wildman–Crippen LogP) is 3.30. The summed E-state index contributed by atoms with van der Waals surface area (Å²) in [6, 6.07) is 7.71. The number of ether oxygens (including phenoxy) is 1. The number of furan rings is 1. The Morgan fingerprint density at radius 1 is 1.35 bits per heavy atom. The fourth-order valence-electron chi connectivity index (χ4n) is 1.55. The summed E-state index contributed by atoms with van der Waals surface area (Å²) in [4.78, 5) is 10.5. The molecule has 88 valence electrons.